The van der Waals surface area contributed by atoms with Gasteiger partial charge in [0.05, 0.1) is 20.1 Å². The van der Waals surface area contributed by atoms with Crippen LogP contribution in [-0.4, -0.2) is 49.9 Å². The van der Waals surface area contributed by atoms with Gasteiger partial charge < -0.3 is 19.1 Å². The quantitative estimate of drug-likeness (QED) is 0.127. The maximum atomic E-state index is 13.0. The van der Waals surface area contributed by atoms with Gasteiger partial charge in [-0.3, -0.25) is 9.78 Å². The van der Waals surface area contributed by atoms with Crippen molar-refractivity contribution in [2.45, 2.75) is 50.4 Å². The molecule has 7 nitrogen and oxygen atoms in total. The topological polar surface area (TPSA) is 78.0 Å². The SMILES string of the molecule is COc1ccc(-c2ccc(C(F)(F)F)nc2)c(N2CCC(COc3cccc([C@@H](CC(=O)OC(=O)C(F)(F)F)C4CC4)c3)CC2)c1. The molecule has 0 amide bonds. The number of hydrogen-bond acceptors (Lipinski definition) is 7. The highest BCUT2D eigenvalue weighted by Crippen LogP contribution is 2.45. The van der Waals surface area contributed by atoms with Crippen LogP contribution in [0.25, 0.3) is 11.1 Å². The van der Waals surface area contributed by atoms with Crippen molar-refractivity contribution in [3.05, 3.63) is 72.1 Å². The summed E-state index contributed by atoms with van der Waals surface area (Å²) in [6, 6.07) is 14.9. The highest BCUT2D eigenvalue weighted by atomic mass is 19.4. The Morgan fingerprint density at radius 2 is 1.67 bits per heavy atom. The first-order valence-electron chi connectivity index (χ1n) is 14.8. The Morgan fingerprint density at radius 3 is 2.28 bits per heavy atom. The molecule has 1 aliphatic heterocycles. The molecular weight excluding hydrogens is 618 g/mol. The lowest BCUT2D eigenvalue weighted by molar-refractivity contribution is -0.202. The van der Waals surface area contributed by atoms with Gasteiger partial charge in [0, 0.05) is 42.2 Å². The van der Waals surface area contributed by atoms with Crippen molar-refractivity contribution in [1.29, 1.82) is 0 Å². The zero-order valence-corrected chi connectivity index (χ0v) is 24.9. The van der Waals surface area contributed by atoms with Gasteiger partial charge in [-0.25, -0.2) is 4.79 Å². The third-order valence-corrected chi connectivity index (χ3v) is 8.31. The molecule has 2 aliphatic rings. The van der Waals surface area contributed by atoms with Gasteiger partial charge in [-0.1, -0.05) is 18.2 Å². The number of anilines is 1. The molecule has 3 aromatic rings. The van der Waals surface area contributed by atoms with E-state index in [0.29, 0.717) is 36.8 Å². The number of aromatic nitrogens is 1. The zero-order valence-electron chi connectivity index (χ0n) is 24.9. The Hall–Kier alpha value is -4.29. The summed E-state index contributed by atoms with van der Waals surface area (Å²) in [5, 5.41) is 0. The van der Waals surface area contributed by atoms with E-state index in [2.05, 4.69) is 14.6 Å². The van der Waals surface area contributed by atoms with E-state index >= 15 is 0 Å². The van der Waals surface area contributed by atoms with Crippen molar-refractivity contribution in [3.8, 4) is 22.6 Å². The molecule has 1 aromatic heterocycles. The number of carbonyl (C=O) groups excluding carboxylic acids is 2. The molecule has 5 rings (SSSR count). The second-order valence-corrected chi connectivity index (χ2v) is 11.5. The number of rotatable bonds is 10. The molecule has 0 bridgehead atoms. The zero-order chi connectivity index (χ0) is 33.1. The van der Waals surface area contributed by atoms with E-state index in [0.717, 1.165) is 48.6 Å². The predicted octanol–water partition coefficient (Wildman–Crippen LogP) is 7.59. The number of halogens is 6. The number of benzene rings is 2. The van der Waals surface area contributed by atoms with E-state index in [4.69, 9.17) is 9.47 Å². The summed E-state index contributed by atoms with van der Waals surface area (Å²) in [6.45, 7) is 1.76. The second-order valence-electron chi connectivity index (χ2n) is 11.5. The number of pyridine rings is 1. The van der Waals surface area contributed by atoms with Crippen LogP contribution in [-0.2, 0) is 20.5 Å². The van der Waals surface area contributed by atoms with Crippen LogP contribution in [0.1, 0.15) is 49.3 Å². The molecule has 2 heterocycles. The minimum atomic E-state index is -5.24. The highest BCUT2D eigenvalue weighted by molar-refractivity contribution is 5.88. The van der Waals surface area contributed by atoms with Gasteiger partial charge in [0.25, 0.3) is 0 Å². The number of esters is 2. The smallest absolute Gasteiger partial charge is 0.491 e. The Balaban J connectivity index is 1.20. The number of nitrogens with zero attached hydrogens (tertiary/aromatic N) is 2. The summed E-state index contributed by atoms with van der Waals surface area (Å²) < 4.78 is 92.2. The third kappa shape index (κ3) is 8.29. The van der Waals surface area contributed by atoms with E-state index in [-0.39, 0.29) is 18.3 Å². The summed E-state index contributed by atoms with van der Waals surface area (Å²) >= 11 is 0. The van der Waals surface area contributed by atoms with E-state index < -0.39 is 35.9 Å². The number of piperidine rings is 1. The van der Waals surface area contributed by atoms with Crippen molar-refractivity contribution in [1.82, 2.24) is 4.98 Å². The Bertz CT molecular complexity index is 1530. The number of hydrogen-bond donors (Lipinski definition) is 0. The Kier molecular flexibility index (Phi) is 9.78. The summed E-state index contributed by atoms with van der Waals surface area (Å²) in [5.41, 5.74) is 1.90. The molecule has 2 aromatic carbocycles. The number of carbonyl (C=O) groups is 2. The van der Waals surface area contributed by atoms with E-state index in [1.165, 1.54) is 12.3 Å². The molecule has 46 heavy (non-hydrogen) atoms. The molecule has 2 fully saturated rings. The van der Waals surface area contributed by atoms with E-state index in [1.807, 2.05) is 12.1 Å². The van der Waals surface area contributed by atoms with Crippen LogP contribution in [0.15, 0.2) is 60.8 Å². The van der Waals surface area contributed by atoms with Crippen LogP contribution >= 0.6 is 0 Å². The van der Waals surface area contributed by atoms with Crippen molar-refractivity contribution in [3.63, 3.8) is 0 Å². The third-order valence-electron chi connectivity index (χ3n) is 8.31. The van der Waals surface area contributed by atoms with Crippen molar-refractivity contribution >= 4 is 17.6 Å². The number of ether oxygens (including phenoxy) is 3. The molecule has 0 spiro atoms. The standard InChI is InChI=1S/C33H32F6N2O5/c1-44-24-8-9-26(23-7-10-29(40-18-23)32(34,35)36)28(16-24)41-13-11-20(12-14-41)19-45-25-4-2-3-22(15-25)27(21-5-6-21)17-30(42)46-31(43)33(37,38)39/h2-4,7-10,15-16,18,20-21,27H,5-6,11-14,17,19H2,1H3/t27-/m0/s1. The lowest BCUT2D eigenvalue weighted by Gasteiger charge is -2.35. The molecule has 246 valence electrons. The van der Waals surface area contributed by atoms with Crippen molar-refractivity contribution < 1.29 is 50.1 Å². The minimum absolute atomic E-state index is 0.105. The van der Waals surface area contributed by atoms with Crippen LogP contribution in [0.3, 0.4) is 0 Å². The Labute approximate surface area is 261 Å². The molecule has 1 aliphatic carbocycles. The minimum Gasteiger partial charge on any atom is -0.497 e. The summed E-state index contributed by atoms with van der Waals surface area (Å²) in [7, 11) is 1.55. The van der Waals surface area contributed by atoms with Gasteiger partial charge in [-0.2, -0.15) is 26.3 Å². The second kappa shape index (κ2) is 13.6. The van der Waals surface area contributed by atoms with Gasteiger partial charge in [0.15, 0.2) is 0 Å². The molecule has 0 unspecified atom stereocenters. The first-order chi connectivity index (χ1) is 21.8. The van der Waals surface area contributed by atoms with Gasteiger partial charge in [-0.15, -0.1) is 0 Å². The fourth-order valence-corrected chi connectivity index (χ4v) is 5.69. The highest BCUT2D eigenvalue weighted by Gasteiger charge is 2.43. The molecule has 0 N–H and O–H groups in total. The average Bonchev–Trinajstić information content (AvgIpc) is 3.87. The largest absolute Gasteiger partial charge is 0.497 e. The molecule has 1 saturated heterocycles. The molecule has 1 atom stereocenters. The lowest BCUT2D eigenvalue weighted by atomic mass is 9.91. The van der Waals surface area contributed by atoms with Crippen LogP contribution < -0.4 is 14.4 Å². The first-order valence-corrected chi connectivity index (χ1v) is 14.8. The van der Waals surface area contributed by atoms with Gasteiger partial charge in [-0.05, 0) is 79.3 Å². The van der Waals surface area contributed by atoms with Gasteiger partial charge >= 0.3 is 24.3 Å². The fourth-order valence-electron chi connectivity index (χ4n) is 5.69. The van der Waals surface area contributed by atoms with Crippen LogP contribution in [0.4, 0.5) is 32.0 Å². The molecule has 13 heteroatoms. The summed E-state index contributed by atoms with van der Waals surface area (Å²) in [6.07, 6.45) is -5.69. The Morgan fingerprint density at radius 1 is 0.935 bits per heavy atom. The van der Waals surface area contributed by atoms with Crippen LogP contribution in [0.2, 0.25) is 0 Å². The number of methoxy groups -OCH3 is 1. The number of alkyl halides is 6. The lowest BCUT2D eigenvalue weighted by Crippen LogP contribution is -2.35. The monoisotopic (exact) mass is 650 g/mol. The molecule has 1 saturated carbocycles. The molecular formula is C33H32F6N2O5. The van der Waals surface area contributed by atoms with Gasteiger partial charge in [0.1, 0.15) is 17.2 Å². The van der Waals surface area contributed by atoms with E-state index in [1.54, 1.807) is 37.4 Å². The van der Waals surface area contributed by atoms with Crippen LogP contribution in [0, 0.1) is 11.8 Å². The maximum Gasteiger partial charge on any atom is 0.491 e. The van der Waals surface area contributed by atoms with E-state index in [9.17, 15) is 35.9 Å². The summed E-state index contributed by atoms with van der Waals surface area (Å²) in [5.74, 6) is -2.63. The normalized spacial score (nSPS) is 16.5. The fraction of sp³-hybridized carbons (Fsp3) is 0.424. The predicted molar refractivity (Wildman–Crippen MR) is 155 cm³/mol. The van der Waals surface area contributed by atoms with Crippen molar-refractivity contribution in [2.75, 3.05) is 31.7 Å². The average molecular weight is 651 g/mol. The van der Waals surface area contributed by atoms with Crippen LogP contribution in [0.5, 0.6) is 11.5 Å². The molecule has 0 radical (unpaired) electrons. The van der Waals surface area contributed by atoms with Crippen molar-refractivity contribution in [2.24, 2.45) is 11.8 Å². The first kappa shape index (κ1) is 33.1. The summed E-state index contributed by atoms with van der Waals surface area (Å²) in [4.78, 5) is 29.0. The van der Waals surface area contributed by atoms with Gasteiger partial charge in [0.2, 0.25) is 0 Å². The maximum absolute atomic E-state index is 13.0.